The average molecular weight is 516 g/mol. The normalized spacial score (nSPS) is 19.4. The third-order valence-electron chi connectivity index (χ3n) is 4.74. The molecule has 6 nitrogen and oxygen atoms in total. The molecule has 0 aliphatic carbocycles. The van der Waals surface area contributed by atoms with Crippen LogP contribution in [0.4, 0.5) is 0 Å². The van der Waals surface area contributed by atoms with E-state index in [1.165, 1.54) is 12.8 Å². The van der Waals surface area contributed by atoms with E-state index in [-0.39, 0.29) is 42.1 Å². The van der Waals surface area contributed by atoms with Gasteiger partial charge in [0.05, 0.1) is 18.8 Å². The molecule has 7 heteroatoms. The van der Waals surface area contributed by atoms with Crippen molar-refractivity contribution in [3.05, 3.63) is 35.4 Å². The van der Waals surface area contributed by atoms with E-state index in [1.54, 1.807) is 0 Å². The zero-order chi connectivity index (χ0) is 20.4. The molecule has 0 spiro atoms. The third-order valence-corrected chi connectivity index (χ3v) is 4.74. The molecule has 29 heavy (non-hydrogen) atoms. The van der Waals surface area contributed by atoms with Gasteiger partial charge in [-0.1, -0.05) is 31.9 Å². The molecule has 1 aliphatic rings. The highest BCUT2D eigenvalue weighted by atomic mass is 127. The number of carbonyl (C=O) groups is 1. The van der Waals surface area contributed by atoms with Crippen molar-refractivity contribution in [2.45, 2.75) is 65.7 Å². The lowest BCUT2D eigenvalue weighted by Crippen LogP contribution is -2.48. The zero-order valence-electron chi connectivity index (χ0n) is 18.2. The van der Waals surface area contributed by atoms with Gasteiger partial charge in [-0.15, -0.1) is 24.0 Å². The largest absolute Gasteiger partial charge is 0.372 e. The maximum Gasteiger partial charge on any atom is 0.254 e. The summed E-state index contributed by atoms with van der Waals surface area (Å²) in [5, 5.41) is 6.65. The second kappa shape index (κ2) is 13.8. The number of benzene rings is 1. The molecule has 1 aromatic carbocycles. The molecule has 0 bridgehead atoms. The molecule has 1 saturated heterocycles. The second-order valence-corrected chi connectivity index (χ2v) is 7.49. The number of hydrogen-bond donors (Lipinski definition) is 2. The minimum absolute atomic E-state index is 0. The molecule has 1 amide bonds. The Kier molecular flexibility index (Phi) is 12.2. The maximum absolute atomic E-state index is 12.7. The van der Waals surface area contributed by atoms with Crippen molar-refractivity contribution in [1.29, 1.82) is 0 Å². The van der Waals surface area contributed by atoms with E-state index in [0.29, 0.717) is 19.6 Å². The Hall–Kier alpha value is -1.35. The topological polar surface area (TPSA) is 66.0 Å². The minimum atomic E-state index is 0. The van der Waals surface area contributed by atoms with Gasteiger partial charge < -0.3 is 20.3 Å². The number of amides is 1. The minimum Gasteiger partial charge on any atom is -0.372 e. The van der Waals surface area contributed by atoms with Crippen LogP contribution in [0.2, 0.25) is 0 Å². The van der Waals surface area contributed by atoms with Gasteiger partial charge in [-0.3, -0.25) is 4.79 Å². The number of hydrogen-bond acceptors (Lipinski definition) is 3. The summed E-state index contributed by atoms with van der Waals surface area (Å²) in [6, 6.07) is 7.79. The molecule has 1 heterocycles. The van der Waals surface area contributed by atoms with Crippen LogP contribution in [0, 0.1) is 0 Å². The van der Waals surface area contributed by atoms with Gasteiger partial charge in [-0.25, -0.2) is 4.99 Å². The Morgan fingerprint density at radius 1 is 1.10 bits per heavy atom. The van der Waals surface area contributed by atoms with E-state index >= 15 is 0 Å². The summed E-state index contributed by atoms with van der Waals surface area (Å²) in [5.74, 6) is 0.915. The molecule has 0 radical (unpaired) electrons. The van der Waals surface area contributed by atoms with Crippen LogP contribution in [0.5, 0.6) is 0 Å². The molecule has 2 N–H and O–H groups in total. The Morgan fingerprint density at radius 3 is 2.34 bits per heavy atom. The van der Waals surface area contributed by atoms with Gasteiger partial charge in [0.15, 0.2) is 5.96 Å². The number of carbonyl (C=O) groups excluding carboxylic acids is 1. The first-order valence-corrected chi connectivity index (χ1v) is 10.6. The van der Waals surface area contributed by atoms with Gasteiger partial charge in [0.2, 0.25) is 0 Å². The van der Waals surface area contributed by atoms with Crippen molar-refractivity contribution in [2.75, 3.05) is 26.2 Å². The number of unbranched alkanes of at least 4 members (excludes halogenated alkanes) is 2. The van der Waals surface area contributed by atoms with Gasteiger partial charge in [-0.2, -0.15) is 0 Å². The van der Waals surface area contributed by atoms with Crippen molar-refractivity contribution in [1.82, 2.24) is 15.5 Å². The lowest BCUT2D eigenvalue weighted by molar-refractivity contribution is -0.0586. The van der Waals surface area contributed by atoms with Crippen LogP contribution in [0.15, 0.2) is 29.3 Å². The van der Waals surface area contributed by atoms with Gasteiger partial charge >= 0.3 is 0 Å². The van der Waals surface area contributed by atoms with Crippen LogP contribution in [-0.4, -0.2) is 55.2 Å². The predicted octanol–water partition coefficient (Wildman–Crippen LogP) is 3.80. The second-order valence-electron chi connectivity index (χ2n) is 7.49. The van der Waals surface area contributed by atoms with E-state index in [0.717, 1.165) is 36.6 Å². The molecule has 1 aliphatic heterocycles. The number of rotatable bonds is 8. The molecule has 2 unspecified atom stereocenters. The first-order valence-electron chi connectivity index (χ1n) is 10.6. The zero-order valence-corrected chi connectivity index (χ0v) is 20.6. The standard InChI is InChI=1S/C22H36N4O2.HI/c1-5-7-8-13-24-22(23-6-2)25-14-19-9-11-20(12-10-19)21(27)26-15-17(3)28-18(4)16-26;/h9-12,17-18H,5-8,13-16H2,1-4H3,(H2,23,24,25);1H. The summed E-state index contributed by atoms with van der Waals surface area (Å²) in [5.41, 5.74) is 1.81. The van der Waals surface area contributed by atoms with E-state index in [2.05, 4.69) is 29.5 Å². The van der Waals surface area contributed by atoms with Crippen molar-refractivity contribution in [2.24, 2.45) is 4.99 Å². The molecule has 0 saturated carbocycles. The fraction of sp³-hybridized carbons (Fsp3) is 0.636. The molecular formula is C22H37IN4O2. The van der Waals surface area contributed by atoms with Gasteiger partial charge in [-0.05, 0) is 44.9 Å². The van der Waals surface area contributed by atoms with Crippen LogP contribution in [0.1, 0.15) is 62.9 Å². The number of nitrogens with zero attached hydrogens (tertiary/aromatic N) is 2. The average Bonchev–Trinajstić information content (AvgIpc) is 2.68. The molecule has 1 fully saturated rings. The van der Waals surface area contributed by atoms with Crippen molar-refractivity contribution in [3.63, 3.8) is 0 Å². The molecule has 2 atom stereocenters. The van der Waals surface area contributed by atoms with E-state index in [1.807, 2.05) is 43.0 Å². The lowest BCUT2D eigenvalue weighted by Gasteiger charge is -2.35. The summed E-state index contributed by atoms with van der Waals surface area (Å²) in [6.45, 7) is 11.9. The number of guanidine groups is 1. The number of morpholine rings is 1. The SMILES string of the molecule is CCCCCNC(=NCc1ccc(C(=O)N2CC(C)OC(C)C2)cc1)NCC.I. The Morgan fingerprint density at radius 2 is 1.76 bits per heavy atom. The first-order chi connectivity index (χ1) is 13.5. The Balaban J connectivity index is 0.00000420. The summed E-state index contributed by atoms with van der Waals surface area (Å²) >= 11 is 0. The Bertz CT molecular complexity index is 626. The fourth-order valence-corrected chi connectivity index (χ4v) is 3.37. The fourth-order valence-electron chi connectivity index (χ4n) is 3.37. The molecule has 1 aromatic rings. The number of halogens is 1. The number of ether oxygens (including phenoxy) is 1. The van der Waals surface area contributed by atoms with Crippen LogP contribution in [0.3, 0.4) is 0 Å². The molecular weight excluding hydrogens is 479 g/mol. The predicted molar refractivity (Wildman–Crippen MR) is 130 cm³/mol. The van der Waals surface area contributed by atoms with Crippen LogP contribution >= 0.6 is 24.0 Å². The van der Waals surface area contributed by atoms with Crippen molar-refractivity contribution in [3.8, 4) is 0 Å². The quantitative estimate of drug-likeness (QED) is 0.239. The Labute approximate surface area is 192 Å². The monoisotopic (exact) mass is 516 g/mol. The summed E-state index contributed by atoms with van der Waals surface area (Å²) in [6.07, 6.45) is 3.74. The molecule has 164 valence electrons. The highest BCUT2D eigenvalue weighted by molar-refractivity contribution is 14.0. The van der Waals surface area contributed by atoms with Gasteiger partial charge in [0, 0.05) is 31.7 Å². The van der Waals surface area contributed by atoms with E-state index in [4.69, 9.17) is 4.74 Å². The maximum atomic E-state index is 12.7. The van der Waals surface area contributed by atoms with Crippen molar-refractivity contribution >= 4 is 35.8 Å². The van der Waals surface area contributed by atoms with Crippen LogP contribution in [-0.2, 0) is 11.3 Å². The van der Waals surface area contributed by atoms with Gasteiger partial charge in [0.25, 0.3) is 5.91 Å². The van der Waals surface area contributed by atoms with Crippen LogP contribution < -0.4 is 10.6 Å². The van der Waals surface area contributed by atoms with Gasteiger partial charge in [0.1, 0.15) is 0 Å². The number of nitrogens with one attached hydrogen (secondary N) is 2. The third kappa shape index (κ3) is 8.90. The summed E-state index contributed by atoms with van der Waals surface area (Å²) < 4.78 is 5.72. The van der Waals surface area contributed by atoms with E-state index < -0.39 is 0 Å². The summed E-state index contributed by atoms with van der Waals surface area (Å²) in [7, 11) is 0. The first kappa shape index (κ1) is 25.7. The lowest BCUT2D eigenvalue weighted by atomic mass is 10.1. The molecule has 2 rings (SSSR count). The van der Waals surface area contributed by atoms with E-state index in [9.17, 15) is 4.79 Å². The van der Waals surface area contributed by atoms with Crippen molar-refractivity contribution < 1.29 is 9.53 Å². The highest BCUT2D eigenvalue weighted by Crippen LogP contribution is 2.15. The van der Waals surface area contributed by atoms with Crippen LogP contribution in [0.25, 0.3) is 0 Å². The summed E-state index contributed by atoms with van der Waals surface area (Å²) in [4.78, 5) is 19.3. The smallest absolute Gasteiger partial charge is 0.254 e. The number of aliphatic imine (C=N–C) groups is 1. The highest BCUT2D eigenvalue weighted by Gasteiger charge is 2.26. The molecule has 0 aromatic heterocycles.